The van der Waals surface area contributed by atoms with E-state index in [1.54, 1.807) is 0 Å². The Hall–Kier alpha value is -0.370. The molecular weight excluding hydrogens is 296 g/mol. The average molecular weight is 331 g/mol. The van der Waals surface area contributed by atoms with E-state index in [0.29, 0.717) is 17.1 Å². The fourth-order valence-corrected chi connectivity index (χ4v) is 8.74. The monoisotopic (exact) mass is 330 g/mol. The second-order valence-electron chi connectivity index (χ2n) is 10.3. The normalized spacial score (nSPS) is 56.8. The lowest BCUT2D eigenvalue weighted by Crippen LogP contribution is -2.57. The summed E-state index contributed by atoms with van der Waals surface area (Å²) in [6.45, 7) is 2.55. The van der Waals surface area contributed by atoms with Gasteiger partial charge in [0.25, 0.3) is 0 Å². The fourth-order valence-electron chi connectivity index (χ4n) is 8.74. The SMILES string of the molecule is C[C@]12CC[C@@H](O)C[C@H]1CC[C@@H]1[C@@H]2CC[C@]23C(=O)CCCC2CC[C@@H]13. The smallest absolute Gasteiger partial charge is 0.139 e. The van der Waals surface area contributed by atoms with E-state index in [-0.39, 0.29) is 11.5 Å². The first-order valence-electron chi connectivity index (χ1n) is 10.8. The molecule has 1 unspecified atom stereocenters. The van der Waals surface area contributed by atoms with Crippen LogP contribution in [-0.2, 0) is 4.79 Å². The molecular formula is C22H34O2. The molecule has 2 heteroatoms. The quantitative estimate of drug-likeness (QED) is 0.696. The summed E-state index contributed by atoms with van der Waals surface area (Å²) in [5, 5.41) is 10.2. The van der Waals surface area contributed by atoms with E-state index in [1.165, 1.54) is 51.4 Å². The van der Waals surface area contributed by atoms with Crippen molar-refractivity contribution in [1.29, 1.82) is 0 Å². The number of carbonyl (C=O) groups is 1. The zero-order valence-corrected chi connectivity index (χ0v) is 15.3. The van der Waals surface area contributed by atoms with Crippen LogP contribution in [0.2, 0.25) is 0 Å². The van der Waals surface area contributed by atoms with Gasteiger partial charge in [-0.1, -0.05) is 6.92 Å². The van der Waals surface area contributed by atoms with Crippen molar-refractivity contribution in [3.05, 3.63) is 0 Å². The van der Waals surface area contributed by atoms with E-state index in [2.05, 4.69) is 6.92 Å². The molecule has 0 aliphatic heterocycles. The topological polar surface area (TPSA) is 37.3 Å². The predicted molar refractivity (Wildman–Crippen MR) is 94.4 cm³/mol. The minimum absolute atomic E-state index is 0.0506. The molecule has 5 aliphatic carbocycles. The number of rotatable bonds is 0. The van der Waals surface area contributed by atoms with Gasteiger partial charge in [0, 0.05) is 11.8 Å². The minimum Gasteiger partial charge on any atom is -0.393 e. The maximum atomic E-state index is 13.1. The highest BCUT2D eigenvalue weighted by molar-refractivity contribution is 5.86. The van der Waals surface area contributed by atoms with Crippen molar-refractivity contribution in [2.75, 3.05) is 0 Å². The van der Waals surface area contributed by atoms with E-state index in [4.69, 9.17) is 0 Å². The third-order valence-electron chi connectivity index (χ3n) is 9.80. The van der Waals surface area contributed by atoms with Crippen LogP contribution in [0, 0.1) is 40.4 Å². The van der Waals surface area contributed by atoms with E-state index in [1.807, 2.05) is 0 Å². The Labute approximate surface area is 146 Å². The molecule has 2 nitrogen and oxygen atoms in total. The third kappa shape index (κ3) is 1.90. The molecule has 5 aliphatic rings. The van der Waals surface area contributed by atoms with Crippen LogP contribution in [0.5, 0.6) is 0 Å². The second kappa shape index (κ2) is 5.32. The highest BCUT2D eigenvalue weighted by Gasteiger charge is 2.64. The molecule has 5 rings (SSSR count). The van der Waals surface area contributed by atoms with Crippen LogP contribution in [0.4, 0.5) is 0 Å². The molecule has 0 aromatic carbocycles. The van der Waals surface area contributed by atoms with Gasteiger partial charge < -0.3 is 5.11 Å². The van der Waals surface area contributed by atoms with Gasteiger partial charge in [-0.3, -0.25) is 4.79 Å². The Balaban J connectivity index is 1.48. The molecule has 1 N–H and O–H groups in total. The summed E-state index contributed by atoms with van der Waals surface area (Å²) in [6, 6.07) is 0. The van der Waals surface area contributed by atoms with E-state index < -0.39 is 0 Å². The Kier molecular flexibility index (Phi) is 3.51. The maximum absolute atomic E-state index is 13.1. The van der Waals surface area contributed by atoms with Gasteiger partial charge in [-0.15, -0.1) is 0 Å². The number of hydrogen-bond donors (Lipinski definition) is 1. The van der Waals surface area contributed by atoms with Crippen molar-refractivity contribution in [2.45, 2.75) is 90.1 Å². The standard InChI is InChI=1S/C22H34O2/c1-21-11-9-16(23)13-15(21)5-7-17-18(21)10-12-22-14(6-8-19(17)22)3-2-4-20(22)24/h14-19,23H,2-13H2,1H3/t14?,15-,16-,17-,18+,19+,21+,22+/m1/s1. The van der Waals surface area contributed by atoms with Crippen LogP contribution in [0.15, 0.2) is 0 Å². The molecule has 8 atom stereocenters. The Morgan fingerprint density at radius 2 is 1.75 bits per heavy atom. The predicted octanol–water partition coefficient (Wildman–Crippen LogP) is 4.74. The molecule has 0 heterocycles. The Morgan fingerprint density at radius 3 is 2.62 bits per heavy atom. The summed E-state index contributed by atoms with van der Waals surface area (Å²) in [4.78, 5) is 13.1. The van der Waals surface area contributed by atoms with E-state index in [0.717, 1.165) is 49.4 Å². The van der Waals surface area contributed by atoms with Gasteiger partial charge in [-0.25, -0.2) is 0 Å². The molecule has 0 aromatic heterocycles. The van der Waals surface area contributed by atoms with Gasteiger partial charge in [-0.2, -0.15) is 0 Å². The van der Waals surface area contributed by atoms with Crippen LogP contribution >= 0.6 is 0 Å². The number of hydrogen-bond acceptors (Lipinski definition) is 2. The molecule has 5 fully saturated rings. The number of Topliss-reactive ketones (excluding diaryl/α,β-unsaturated/α-hetero) is 1. The van der Waals surface area contributed by atoms with Gasteiger partial charge in [0.05, 0.1) is 6.10 Å². The second-order valence-corrected chi connectivity index (χ2v) is 10.3. The van der Waals surface area contributed by atoms with Crippen molar-refractivity contribution < 1.29 is 9.90 Å². The number of fused-ring (bicyclic) bond motifs is 4. The summed E-state index contributed by atoms with van der Waals surface area (Å²) in [7, 11) is 0. The van der Waals surface area contributed by atoms with Crippen molar-refractivity contribution in [2.24, 2.45) is 40.4 Å². The first-order chi connectivity index (χ1) is 11.6. The van der Waals surface area contributed by atoms with Gasteiger partial charge in [0.2, 0.25) is 0 Å². The summed E-state index contributed by atoms with van der Waals surface area (Å²) in [5.41, 5.74) is 0.552. The van der Waals surface area contributed by atoms with Crippen LogP contribution in [-0.4, -0.2) is 17.0 Å². The van der Waals surface area contributed by atoms with Crippen molar-refractivity contribution in [3.63, 3.8) is 0 Å². The third-order valence-corrected chi connectivity index (χ3v) is 9.80. The van der Waals surface area contributed by atoms with Gasteiger partial charge in [-0.05, 0) is 106 Å². The molecule has 24 heavy (non-hydrogen) atoms. The van der Waals surface area contributed by atoms with E-state index in [9.17, 15) is 9.90 Å². The Bertz CT molecular complexity index is 542. The lowest BCUT2D eigenvalue weighted by molar-refractivity contribution is -0.158. The Morgan fingerprint density at radius 1 is 0.917 bits per heavy atom. The minimum atomic E-state index is -0.0506. The molecule has 1 spiro atoms. The lowest BCUT2D eigenvalue weighted by Gasteiger charge is -2.61. The highest BCUT2D eigenvalue weighted by atomic mass is 16.3. The van der Waals surface area contributed by atoms with Crippen LogP contribution in [0.1, 0.15) is 84.0 Å². The van der Waals surface area contributed by atoms with Crippen LogP contribution in [0.25, 0.3) is 0 Å². The number of ketones is 1. The summed E-state index contributed by atoms with van der Waals surface area (Å²) < 4.78 is 0. The van der Waals surface area contributed by atoms with Crippen molar-refractivity contribution in [3.8, 4) is 0 Å². The lowest BCUT2D eigenvalue weighted by atomic mass is 9.43. The molecule has 0 bridgehead atoms. The van der Waals surface area contributed by atoms with Crippen molar-refractivity contribution >= 4 is 5.78 Å². The number of aliphatic hydroxyl groups excluding tert-OH is 1. The van der Waals surface area contributed by atoms with Gasteiger partial charge in [0.15, 0.2) is 0 Å². The number of aliphatic hydroxyl groups is 1. The first-order valence-corrected chi connectivity index (χ1v) is 10.8. The average Bonchev–Trinajstić information content (AvgIpc) is 2.97. The van der Waals surface area contributed by atoms with Crippen molar-refractivity contribution in [1.82, 2.24) is 0 Å². The van der Waals surface area contributed by atoms with Crippen LogP contribution in [0.3, 0.4) is 0 Å². The largest absolute Gasteiger partial charge is 0.393 e. The summed E-state index contributed by atoms with van der Waals surface area (Å²) in [5.74, 6) is 4.46. The maximum Gasteiger partial charge on any atom is 0.139 e. The first kappa shape index (κ1) is 15.9. The zero-order chi connectivity index (χ0) is 16.5. The molecule has 0 aromatic rings. The summed E-state index contributed by atoms with van der Waals surface area (Å²) >= 11 is 0. The summed E-state index contributed by atoms with van der Waals surface area (Å²) in [6.07, 6.45) is 14.4. The highest BCUT2D eigenvalue weighted by Crippen LogP contribution is 2.69. The van der Waals surface area contributed by atoms with E-state index >= 15 is 0 Å². The molecule has 134 valence electrons. The van der Waals surface area contributed by atoms with Crippen LogP contribution < -0.4 is 0 Å². The zero-order valence-electron chi connectivity index (χ0n) is 15.3. The molecule has 0 amide bonds. The van der Waals surface area contributed by atoms with Gasteiger partial charge in [0.1, 0.15) is 5.78 Å². The number of carbonyl (C=O) groups excluding carboxylic acids is 1. The molecule has 5 saturated carbocycles. The molecule has 0 radical (unpaired) electrons. The fraction of sp³-hybridized carbons (Fsp3) is 0.955. The van der Waals surface area contributed by atoms with Gasteiger partial charge >= 0.3 is 0 Å². The molecule has 0 saturated heterocycles.